The van der Waals surface area contributed by atoms with Crippen molar-refractivity contribution in [3.8, 4) is 11.4 Å². The lowest BCUT2D eigenvalue weighted by Crippen LogP contribution is -2.17. The molecule has 0 bridgehead atoms. The summed E-state index contributed by atoms with van der Waals surface area (Å²) in [6.45, 7) is 6.77. The number of nitrogens with one attached hydrogen (secondary N) is 1. The van der Waals surface area contributed by atoms with Gasteiger partial charge in [-0.3, -0.25) is 4.79 Å². The predicted octanol–water partition coefficient (Wildman–Crippen LogP) is 3.49. The van der Waals surface area contributed by atoms with E-state index < -0.39 is 0 Å². The van der Waals surface area contributed by atoms with Crippen LogP contribution in [0, 0.1) is 0 Å². The number of nitrogens with zero attached hydrogens (tertiary/aromatic N) is 3. The number of hydrogen-bond acceptors (Lipinski definition) is 5. The average Bonchev–Trinajstić information content (AvgIpc) is 3.18. The molecule has 3 rings (SSSR count). The highest BCUT2D eigenvalue weighted by Crippen LogP contribution is 2.31. The number of rotatable bonds is 6. The summed E-state index contributed by atoms with van der Waals surface area (Å²) in [5.74, 6) is 0.565. The molecule has 7 heteroatoms. The maximum Gasteiger partial charge on any atom is 0.319 e. The highest BCUT2D eigenvalue weighted by Gasteiger charge is 2.22. The number of aromatic amines is 1. The Morgan fingerprint density at radius 3 is 2.88 bits per heavy atom. The molecule has 0 aliphatic heterocycles. The van der Waals surface area contributed by atoms with Crippen molar-refractivity contribution in [2.24, 2.45) is 0 Å². The third kappa shape index (κ3) is 3.03. The summed E-state index contributed by atoms with van der Waals surface area (Å²) in [6, 6.07) is 8.09. The van der Waals surface area contributed by atoms with E-state index in [9.17, 15) is 4.79 Å². The lowest BCUT2D eigenvalue weighted by atomic mass is 10.1. The van der Waals surface area contributed by atoms with Crippen molar-refractivity contribution in [3.05, 3.63) is 30.5 Å². The Labute approximate surface area is 144 Å². The molecule has 0 spiro atoms. The molecule has 0 unspecified atom stereocenters. The van der Waals surface area contributed by atoms with Crippen LogP contribution in [0.2, 0.25) is 0 Å². The Morgan fingerprint density at radius 1 is 1.33 bits per heavy atom. The normalized spacial score (nSPS) is 12.5. The van der Waals surface area contributed by atoms with E-state index in [4.69, 9.17) is 4.74 Å². The van der Waals surface area contributed by atoms with Crippen LogP contribution < -0.4 is 0 Å². The number of fused-ring (bicyclic) bond motifs is 1. The summed E-state index contributed by atoms with van der Waals surface area (Å²) in [6.07, 6.45) is 1.95. The molecule has 0 fully saturated rings. The Bertz CT molecular complexity index is 855. The van der Waals surface area contributed by atoms with Gasteiger partial charge >= 0.3 is 5.97 Å². The van der Waals surface area contributed by atoms with Gasteiger partial charge in [0.2, 0.25) is 0 Å². The molecule has 2 aromatic heterocycles. The van der Waals surface area contributed by atoms with E-state index in [0.717, 1.165) is 34.0 Å². The molecule has 0 saturated heterocycles. The number of aromatic nitrogens is 4. The van der Waals surface area contributed by atoms with Gasteiger partial charge in [-0.25, -0.2) is 0 Å². The topological polar surface area (TPSA) is 72.8 Å². The first kappa shape index (κ1) is 16.6. The summed E-state index contributed by atoms with van der Waals surface area (Å²) in [4.78, 5) is 15.1. The fourth-order valence-electron chi connectivity index (χ4n) is 2.58. The zero-order valence-electron chi connectivity index (χ0n) is 13.9. The first-order valence-electron chi connectivity index (χ1n) is 7.98. The van der Waals surface area contributed by atoms with Gasteiger partial charge in [-0.1, -0.05) is 30.0 Å². The van der Waals surface area contributed by atoms with E-state index in [1.165, 1.54) is 11.8 Å². The first-order valence-corrected chi connectivity index (χ1v) is 8.86. The molecule has 0 saturated carbocycles. The van der Waals surface area contributed by atoms with E-state index in [2.05, 4.69) is 21.2 Å². The van der Waals surface area contributed by atoms with Crippen LogP contribution in [0.15, 0.2) is 35.6 Å². The van der Waals surface area contributed by atoms with E-state index in [-0.39, 0.29) is 11.2 Å². The Kier molecular flexibility index (Phi) is 4.89. The molecule has 1 N–H and O–H groups in total. The van der Waals surface area contributed by atoms with Crippen molar-refractivity contribution in [3.63, 3.8) is 0 Å². The monoisotopic (exact) mass is 344 g/mol. The molecule has 0 aliphatic carbocycles. The van der Waals surface area contributed by atoms with Crippen LogP contribution in [0.5, 0.6) is 0 Å². The summed E-state index contributed by atoms with van der Waals surface area (Å²) in [5.41, 5.74) is 2.07. The van der Waals surface area contributed by atoms with Crippen LogP contribution in [0.1, 0.15) is 20.8 Å². The summed E-state index contributed by atoms with van der Waals surface area (Å²) in [5, 5.41) is 10.1. The minimum absolute atomic E-state index is 0.234. The molecule has 1 aromatic carbocycles. The van der Waals surface area contributed by atoms with Gasteiger partial charge in [0.25, 0.3) is 0 Å². The number of benzene rings is 1. The highest BCUT2D eigenvalue weighted by atomic mass is 32.2. The quantitative estimate of drug-likeness (QED) is 0.547. The number of H-pyrrole nitrogens is 1. The van der Waals surface area contributed by atoms with Gasteiger partial charge in [-0.15, -0.1) is 10.2 Å². The second kappa shape index (κ2) is 7.09. The van der Waals surface area contributed by atoms with Crippen molar-refractivity contribution >= 4 is 28.6 Å². The van der Waals surface area contributed by atoms with Gasteiger partial charge in [0.1, 0.15) is 5.25 Å². The number of carbonyl (C=O) groups is 1. The highest BCUT2D eigenvalue weighted by molar-refractivity contribution is 8.00. The molecule has 6 nitrogen and oxygen atoms in total. The van der Waals surface area contributed by atoms with Crippen molar-refractivity contribution in [1.29, 1.82) is 0 Å². The Hall–Kier alpha value is -2.28. The third-order valence-electron chi connectivity index (χ3n) is 3.76. The Balaban J connectivity index is 1.94. The molecule has 126 valence electrons. The first-order chi connectivity index (χ1) is 11.7. The minimum Gasteiger partial charge on any atom is -0.465 e. The number of esters is 1. The zero-order valence-corrected chi connectivity index (χ0v) is 14.8. The molecule has 0 radical (unpaired) electrons. The van der Waals surface area contributed by atoms with Crippen LogP contribution in [-0.4, -0.2) is 37.6 Å². The molecular formula is C17H20N4O2S. The lowest BCUT2D eigenvalue weighted by Gasteiger charge is -2.11. The van der Waals surface area contributed by atoms with Gasteiger partial charge in [0.15, 0.2) is 11.0 Å². The summed E-state index contributed by atoms with van der Waals surface area (Å²) < 4.78 is 7.09. The maximum atomic E-state index is 11.9. The number of ether oxygens (including phenoxy) is 1. The zero-order chi connectivity index (χ0) is 17.1. The number of hydrogen-bond donors (Lipinski definition) is 1. The standard InChI is InChI=1S/C17H20N4O2S/c1-4-21-15(13-10-18-14-9-7-6-8-12(13)14)19-20-17(21)24-11(3)16(22)23-5-2/h6-11,18H,4-5H2,1-3H3/t11-/m1/s1. The molecule has 3 aromatic rings. The van der Waals surface area contributed by atoms with Crippen molar-refractivity contribution in [1.82, 2.24) is 19.7 Å². The number of para-hydroxylation sites is 1. The number of thioether (sulfide) groups is 1. The number of carbonyl (C=O) groups excluding carboxylic acids is 1. The van der Waals surface area contributed by atoms with Gasteiger partial charge in [-0.2, -0.15) is 0 Å². The van der Waals surface area contributed by atoms with Gasteiger partial charge in [-0.05, 0) is 26.8 Å². The van der Waals surface area contributed by atoms with Crippen LogP contribution in [-0.2, 0) is 16.1 Å². The van der Waals surface area contributed by atoms with Crippen LogP contribution in [0.25, 0.3) is 22.3 Å². The molecule has 1 atom stereocenters. The smallest absolute Gasteiger partial charge is 0.319 e. The maximum absolute atomic E-state index is 11.9. The van der Waals surface area contributed by atoms with Crippen LogP contribution in [0.3, 0.4) is 0 Å². The van der Waals surface area contributed by atoms with Crippen LogP contribution in [0.4, 0.5) is 0 Å². The second-order valence-corrected chi connectivity index (χ2v) is 6.62. The average molecular weight is 344 g/mol. The van der Waals surface area contributed by atoms with Crippen molar-refractivity contribution in [2.75, 3.05) is 6.61 Å². The SMILES string of the molecule is CCOC(=O)[C@@H](C)Sc1nnc(-c2c[nH]c3ccccc23)n1CC. The summed E-state index contributed by atoms with van der Waals surface area (Å²) >= 11 is 1.37. The van der Waals surface area contributed by atoms with E-state index in [1.807, 2.05) is 42.8 Å². The van der Waals surface area contributed by atoms with Gasteiger partial charge < -0.3 is 14.3 Å². The van der Waals surface area contributed by atoms with Gasteiger partial charge in [0, 0.05) is 29.2 Å². The van der Waals surface area contributed by atoms with E-state index in [0.29, 0.717) is 6.61 Å². The Morgan fingerprint density at radius 2 is 2.12 bits per heavy atom. The van der Waals surface area contributed by atoms with Crippen molar-refractivity contribution < 1.29 is 9.53 Å². The molecule has 2 heterocycles. The van der Waals surface area contributed by atoms with Gasteiger partial charge in [0.05, 0.1) is 6.61 Å². The third-order valence-corrected chi connectivity index (χ3v) is 4.82. The fourth-order valence-corrected chi connectivity index (χ4v) is 3.49. The lowest BCUT2D eigenvalue weighted by molar-refractivity contribution is -0.142. The van der Waals surface area contributed by atoms with E-state index in [1.54, 1.807) is 6.92 Å². The fraction of sp³-hybridized carbons (Fsp3) is 0.353. The van der Waals surface area contributed by atoms with Crippen molar-refractivity contribution in [2.45, 2.75) is 37.7 Å². The second-order valence-electron chi connectivity index (χ2n) is 5.31. The molecule has 0 aliphatic rings. The molecular weight excluding hydrogens is 324 g/mol. The van der Waals surface area contributed by atoms with E-state index >= 15 is 0 Å². The summed E-state index contributed by atoms with van der Waals surface area (Å²) in [7, 11) is 0. The molecule has 24 heavy (non-hydrogen) atoms. The largest absolute Gasteiger partial charge is 0.465 e. The minimum atomic E-state index is -0.324. The molecule has 0 amide bonds. The predicted molar refractivity (Wildman–Crippen MR) is 94.9 cm³/mol. The van der Waals surface area contributed by atoms with Crippen LogP contribution >= 0.6 is 11.8 Å².